The highest BCUT2D eigenvalue weighted by atomic mass is 16.1. The number of hydrogen-bond donors (Lipinski definition) is 1. The fraction of sp³-hybridized carbons (Fsp3) is 0.867. The molecule has 0 rings (SSSR count). The minimum absolute atomic E-state index is 0.0515. The van der Waals surface area contributed by atoms with Crippen LogP contribution in [0.25, 0.3) is 0 Å². The van der Waals surface area contributed by atoms with E-state index in [0.29, 0.717) is 12.8 Å². The summed E-state index contributed by atoms with van der Waals surface area (Å²) >= 11 is 0. The molecule has 0 heterocycles. The average Bonchev–Trinajstić information content (AvgIpc) is 2.29. The van der Waals surface area contributed by atoms with Gasteiger partial charge in [-0.05, 0) is 39.2 Å². The predicted octanol–water partition coefficient (Wildman–Crippen LogP) is 3.37. The van der Waals surface area contributed by atoms with Gasteiger partial charge in [0.25, 0.3) is 0 Å². The fourth-order valence-electron chi connectivity index (χ4n) is 1.95. The highest BCUT2D eigenvalue weighted by Crippen LogP contribution is 2.29. The number of carbonyl (C=O) groups excluding carboxylic acids is 2. The molecule has 0 saturated heterocycles. The van der Waals surface area contributed by atoms with Crippen LogP contribution in [0.2, 0.25) is 0 Å². The van der Waals surface area contributed by atoms with Gasteiger partial charge in [-0.3, -0.25) is 0 Å². The molecule has 0 aliphatic rings. The average molecular weight is 257 g/mol. The van der Waals surface area contributed by atoms with Crippen molar-refractivity contribution in [2.75, 3.05) is 7.05 Å². The molecule has 108 valence electrons. The number of rotatable bonds is 8. The van der Waals surface area contributed by atoms with Gasteiger partial charge in [-0.2, -0.15) is 0 Å². The van der Waals surface area contributed by atoms with E-state index in [1.54, 1.807) is 13.8 Å². The standard InChI is InChI=1S/C13H25NO2.C2H6/c1-10(15)6-7-12(14-5)13(3,4)9-8-11(2)16;1-2/h12,14H,6-9H2,1-5H3;1-2H3. The molecule has 0 bridgehead atoms. The quantitative estimate of drug-likeness (QED) is 0.725. The third-order valence-corrected chi connectivity index (χ3v) is 3.20. The van der Waals surface area contributed by atoms with Gasteiger partial charge in [0.2, 0.25) is 0 Å². The first-order valence-electron chi connectivity index (χ1n) is 6.95. The third kappa shape index (κ3) is 9.34. The normalized spacial score (nSPS) is 12.4. The molecule has 0 spiro atoms. The molecule has 0 radical (unpaired) electrons. The number of nitrogens with one attached hydrogen (secondary N) is 1. The summed E-state index contributed by atoms with van der Waals surface area (Å²) in [5.41, 5.74) is 0.0515. The summed E-state index contributed by atoms with van der Waals surface area (Å²) in [7, 11) is 1.92. The van der Waals surface area contributed by atoms with E-state index >= 15 is 0 Å². The first kappa shape index (κ1) is 19.6. The second kappa shape index (κ2) is 10.2. The largest absolute Gasteiger partial charge is 0.316 e. The van der Waals surface area contributed by atoms with Crippen LogP contribution in [0.4, 0.5) is 0 Å². The van der Waals surface area contributed by atoms with Crippen LogP contribution in [-0.4, -0.2) is 24.7 Å². The lowest BCUT2D eigenvalue weighted by Gasteiger charge is -2.34. The van der Waals surface area contributed by atoms with Gasteiger partial charge in [0.1, 0.15) is 11.6 Å². The van der Waals surface area contributed by atoms with E-state index in [-0.39, 0.29) is 23.0 Å². The third-order valence-electron chi connectivity index (χ3n) is 3.20. The van der Waals surface area contributed by atoms with Gasteiger partial charge in [0.15, 0.2) is 0 Å². The van der Waals surface area contributed by atoms with Gasteiger partial charge >= 0.3 is 0 Å². The SMILES string of the molecule is CC.CNC(CCC(C)=O)C(C)(C)CCC(C)=O. The minimum atomic E-state index is 0.0515. The van der Waals surface area contributed by atoms with Crippen LogP contribution in [0.15, 0.2) is 0 Å². The van der Waals surface area contributed by atoms with E-state index < -0.39 is 0 Å². The van der Waals surface area contributed by atoms with Crippen molar-refractivity contribution in [2.45, 2.75) is 73.3 Å². The maximum atomic E-state index is 11.0. The lowest BCUT2D eigenvalue weighted by molar-refractivity contribution is -0.118. The molecule has 0 amide bonds. The lowest BCUT2D eigenvalue weighted by atomic mass is 9.77. The van der Waals surface area contributed by atoms with Crippen molar-refractivity contribution in [3.63, 3.8) is 0 Å². The Morgan fingerprint density at radius 3 is 1.83 bits per heavy atom. The van der Waals surface area contributed by atoms with Crippen molar-refractivity contribution in [3.8, 4) is 0 Å². The summed E-state index contributed by atoms with van der Waals surface area (Å²) in [6.07, 6.45) is 2.93. The van der Waals surface area contributed by atoms with Crippen molar-refractivity contribution in [1.29, 1.82) is 0 Å². The first-order valence-corrected chi connectivity index (χ1v) is 6.95. The van der Waals surface area contributed by atoms with E-state index in [9.17, 15) is 9.59 Å². The molecular formula is C15H31NO2. The second-order valence-electron chi connectivity index (χ2n) is 5.27. The van der Waals surface area contributed by atoms with Crippen LogP contribution in [0.1, 0.15) is 67.2 Å². The van der Waals surface area contributed by atoms with Gasteiger partial charge in [-0.1, -0.05) is 27.7 Å². The highest BCUT2D eigenvalue weighted by Gasteiger charge is 2.28. The monoisotopic (exact) mass is 257 g/mol. The second-order valence-corrected chi connectivity index (χ2v) is 5.27. The molecule has 3 nitrogen and oxygen atoms in total. The Hall–Kier alpha value is -0.700. The maximum absolute atomic E-state index is 11.0. The molecular weight excluding hydrogens is 226 g/mol. The van der Waals surface area contributed by atoms with E-state index in [1.165, 1.54) is 0 Å². The van der Waals surface area contributed by atoms with Crippen LogP contribution >= 0.6 is 0 Å². The van der Waals surface area contributed by atoms with E-state index in [2.05, 4.69) is 19.2 Å². The van der Waals surface area contributed by atoms with Crippen LogP contribution in [-0.2, 0) is 9.59 Å². The van der Waals surface area contributed by atoms with E-state index in [4.69, 9.17) is 0 Å². The molecule has 18 heavy (non-hydrogen) atoms. The van der Waals surface area contributed by atoms with E-state index in [0.717, 1.165) is 12.8 Å². The Kier molecular flexibility index (Phi) is 11.2. The molecule has 0 aromatic carbocycles. The van der Waals surface area contributed by atoms with Crippen LogP contribution in [0, 0.1) is 5.41 Å². The summed E-state index contributed by atoms with van der Waals surface area (Å²) in [6, 6.07) is 0.288. The van der Waals surface area contributed by atoms with E-state index in [1.807, 2.05) is 20.9 Å². The predicted molar refractivity (Wildman–Crippen MR) is 77.8 cm³/mol. The zero-order valence-electron chi connectivity index (χ0n) is 13.2. The summed E-state index contributed by atoms with van der Waals surface area (Å²) in [4.78, 5) is 22.0. The fourth-order valence-corrected chi connectivity index (χ4v) is 1.95. The van der Waals surface area contributed by atoms with Gasteiger partial charge in [0, 0.05) is 18.9 Å². The lowest BCUT2D eigenvalue weighted by Crippen LogP contribution is -2.40. The molecule has 3 heteroatoms. The number of Topliss-reactive ketones (excluding diaryl/α,β-unsaturated/α-hetero) is 2. The summed E-state index contributed by atoms with van der Waals surface area (Å²) in [5.74, 6) is 0.456. The Balaban J connectivity index is 0. The molecule has 0 aliphatic carbocycles. The summed E-state index contributed by atoms with van der Waals surface area (Å²) in [6.45, 7) is 11.5. The zero-order chi connectivity index (χ0) is 14.8. The van der Waals surface area contributed by atoms with Crippen molar-refractivity contribution in [1.82, 2.24) is 5.32 Å². The Bertz CT molecular complexity index is 247. The number of hydrogen-bond acceptors (Lipinski definition) is 3. The molecule has 0 fully saturated rings. The molecule has 0 aromatic rings. The molecule has 1 atom stereocenters. The topological polar surface area (TPSA) is 46.2 Å². The highest BCUT2D eigenvalue weighted by molar-refractivity contribution is 5.75. The molecule has 1 N–H and O–H groups in total. The molecule has 0 saturated carbocycles. The van der Waals surface area contributed by atoms with Gasteiger partial charge in [0.05, 0.1) is 0 Å². The van der Waals surface area contributed by atoms with Crippen molar-refractivity contribution >= 4 is 11.6 Å². The summed E-state index contributed by atoms with van der Waals surface area (Å²) < 4.78 is 0. The summed E-state index contributed by atoms with van der Waals surface area (Å²) in [5, 5.41) is 3.26. The minimum Gasteiger partial charge on any atom is -0.316 e. The van der Waals surface area contributed by atoms with Crippen LogP contribution in [0.5, 0.6) is 0 Å². The van der Waals surface area contributed by atoms with Crippen molar-refractivity contribution < 1.29 is 9.59 Å². The zero-order valence-corrected chi connectivity index (χ0v) is 13.2. The number of carbonyl (C=O) groups is 2. The van der Waals surface area contributed by atoms with Gasteiger partial charge < -0.3 is 14.9 Å². The molecule has 0 aliphatic heterocycles. The number of ketones is 2. The van der Waals surface area contributed by atoms with Crippen LogP contribution < -0.4 is 5.32 Å². The van der Waals surface area contributed by atoms with Crippen molar-refractivity contribution in [3.05, 3.63) is 0 Å². The molecule has 0 aromatic heterocycles. The van der Waals surface area contributed by atoms with Gasteiger partial charge in [-0.15, -0.1) is 0 Å². The maximum Gasteiger partial charge on any atom is 0.129 e. The van der Waals surface area contributed by atoms with Crippen LogP contribution in [0.3, 0.4) is 0 Å². The molecule has 1 unspecified atom stereocenters. The Morgan fingerprint density at radius 2 is 1.50 bits per heavy atom. The Morgan fingerprint density at radius 1 is 1.06 bits per heavy atom. The van der Waals surface area contributed by atoms with Gasteiger partial charge in [-0.25, -0.2) is 0 Å². The Labute approximate surface area is 113 Å². The smallest absolute Gasteiger partial charge is 0.129 e. The van der Waals surface area contributed by atoms with Crippen molar-refractivity contribution in [2.24, 2.45) is 5.41 Å². The first-order chi connectivity index (χ1) is 8.29.